The van der Waals surface area contributed by atoms with Crippen LogP contribution in [0.25, 0.3) is 0 Å². The number of hydrogen-bond acceptors (Lipinski definition) is 2. The summed E-state index contributed by atoms with van der Waals surface area (Å²) in [5.74, 6) is 1.52. The zero-order valence-electron chi connectivity index (χ0n) is 12.7. The predicted molar refractivity (Wildman–Crippen MR) is 83.0 cm³/mol. The van der Waals surface area contributed by atoms with Crippen LogP contribution in [-0.4, -0.2) is 5.54 Å². The molecule has 1 aliphatic carbocycles. The van der Waals surface area contributed by atoms with Crippen molar-refractivity contribution in [3.05, 3.63) is 35.9 Å². The highest BCUT2D eigenvalue weighted by Crippen LogP contribution is 2.33. The van der Waals surface area contributed by atoms with Crippen LogP contribution < -0.4 is 5.32 Å². The van der Waals surface area contributed by atoms with E-state index in [9.17, 15) is 5.26 Å². The first-order chi connectivity index (χ1) is 9.65. The predicted octanol–water partition coefficient (Wildman–Crippen LogP) is 4.27. The van der Waals surface area contributed by atoms with Crippen molar-refractivity contribution < 1.29 is 0 Å². The summed E-state index contributed by atoms with van der Waals surface area (Å²) in [6.07, 6.45) is 5.58. The molecule has 0 aromatic heterocycles. The zero-order chi connectivity index (χ0) is 14.4. The Balaban J connectivity index is 1.98. The lowest BCUT2D eigenvalue weighted by Crippen LogP contribution is -2.43. The smallest absolute Gasteiger partial charge is 0.107 e. The van der Waals surface area contributed by atoms with Gasteiger partial charge in [0, 0.05) is 6.54 Å². The summed E-state index contributed by atoms with van der Waals surface area (Å²) < 4.78 is 0. The lowest BCUT2D eigenvalue weighted by Gasteiger charge is -2.27. The van der Waals surface area contributed by atoms with Crippen LogP contribution in [0.4, 0.5) is 0 Å². The van der Waals surface area contributed by atoms with Gasteiger partial charge in [-0.3, -0.25) is 5.32 Å². The molecule has 2 unspecified atom stereocenters. The van der Waals surface area contributed by atoms with Crippen molar-refractivity contribution in [2.75, 3.05) is 0 Å². The molecule has 0 spiro atoms. The van der Waals surface area contributed by atoms with Crippen LogP contribution in [0.2, 0.25) is 0 Å². The Morgan fingerprint density at radius 1 is 1.25 bits per heavy atom. The van der Waals surface area contributed by atoms with Crippen LogP contribution in [0.3, 0.4) is 0 Å². The molecular formula is C18H26N2. The first kappa shape index (κ1) is 15.1. The standard InChI is InChI=1S/C18H26N2/c1-15(2)17-9-6-11-18(14-19,12-10-17)20-13-16-7-4-3-5-8-16/h3-5,7-8,15,17,20H,6,9-13H2,1-2H3. The normalized spacial score (nSPS) is 27.0. The molecular weight excluding hydrogens is 244 g/mol. The molecule has 1 aromatic carbocycles. The molecule has 2 atom stereocenters. The van der Waals surface area contributed by atoms with Crippen LogP contribution in [0.1, 0.15) is 51.5 Å². The van der Waals surface area contributed by atoms with Crippen LogP contribution in [0.5, 0.6) is 0 Å². The molecule has 1 fully saturated rings. The van der Waals surface area contributed by atoms with Crippen molar-refractivity contribution in [3.8, 4) is 6.07 Å². The van der Waals surface area contributed by atoms with Gasteiger partial charge < -0.3 is 0 Å². The zero-order valence-corrected chi connectivity index (χ0v) is 12.7. The Hall–Kier alpha value is -1.33. The van der Waals surface area contributed by atoms with E-state index in [0.717, 1.165) is 37.6 Å². The second-order valence-corrected chi connectivity index (χ2v) is 6.47. The van der Waals surface area contributed by atoms with Gasteiger partial charge in [0.2, 0.25) is 0 Å². The van der Waals surface area contributed by atoms with Crippen molar-refractivity contribution in [1.29, 1.82) is 5.26 Å². The topological polar surface area (TPSA) is 35.8 Å². The van der Waals surface area contributed by atoms with Crippen LogP contribution >= 0.6 is 0 Å². The Kier molecular flexibility index (Phi) is 5.20. The Labute approximate surface area is 123 Å². The molecule has 1 aromatic rings. The maximum atomic E-state index is 9.66. The third kappa shape index (κ3) is 3.84. The molecule has 2 heteroatoms. The summed E-state index contributed by atoms with van der Waals surface area (Å²) in [7, 11) is 0. The second-order valence-electron chi connectivity index (χ2n) is 6.47. The Morgan fingerprint density at radius 3 is 2.65 bits per heavy atom. The maximum Gasteiger partial charge on any atom is 0.107 e. The fourth-order valence-electron chi connectivity index (χ4n) is 3.23. The van der Waals surface area contributed by atoms with E-state index >= 15 is 0 Å². The summed E-state index contributed by atoms with van der Waals surface area (Å²) in [5, 5.41) is 13.2. The molecule has 1 N–H and O–H groups in total. The van der Waals surface area contributed by atoms with Crippen LogP contribution in [-0.2, 0) is 6.54 Å². The van der Waals surface area contributed by atoms with Gasteiger partial charge in [0.05, 0.1) is 6.07 Å². The largest absolute Gasteiger partial charge is 0.295 e. The van der Waals surface area contributed by atoms with Gasteiger partial charge in [-0.1, -0.05) is 57.0 Å². The molecule has 20 heavy (non-hydrogen) atoms. The maximum absolute atomic E-state index is 9.66. The van der Waals surface area contributed by atoms with Gasteiger partial charge in [-0.2, -0.15) is 5.26 Å². The number of nitriles is 1. The SMILES string of the molecule is CC(C)C1CCCC(C#N)(NCc2ccccc2)CC1. The van der Waals surface area contributed by atoms with E-state index in [1.165, 1.54) is 18.4 Å². The van der Waals surface area contributed by atoms with Crippen molar-refractivity contribution in [2.45, 2.75) is 58.0 Å². The summed E-state index contributed by atoms with van der Waals surface area (Å²) in [5.41, 5.74) is 0.936. The molecule has 1 saturated carbocycles. The van der Waals surface area contributed by atoms with Crippen molar-refractivity contribution >= 4 is 0 Å². The van der Waals surface area contributed by atoms with E-state index < -0.39 is 0 Å². The third-order valence-electron chi connectivity index (χ3n) is 4.75. The molecule has 0 radical (unpaired) electrons. The molecule has 0 bridgehead atoms. The van der Waals surface area contributed by atoms with Gasteiger partial charge in [-0.15, -0.1) is 0 Å². The quantitative estimate of drug-likeness (QED) is 0.829. The lowest BCUT2D eigenvalue weighted by atomic mass is 9.87. The highest BCUT2D eigenvalue weighted by Gasteiger charge is 2.33. The molecule has 1 aliphatic rings. The summed E-state index contributed by atoms with van der Waals surface area (Å²) >= 11 is 0. The first-order valence-corrected chi connectivity index (χ1v) is 7.85. The number of rotatable bonds is 4. The fraction of sp³-hybridized carbons (Fsp3) is 0.611. The average Bonchev–Trinajstić information content (AvgIpc) is 2.69. The summed E-state index contributed by atoms with van der Waals surface area (Å²) in [6, 6.07) is 12.9. The molecule has 0 heterocycles. The van der Waals surface area contributed by atoms with Gasteiger partial charge in [-0.25, -0.2) is 0 Å². The summed E-state index contributed by atoms with van der Waals surface area (Å²) in [6.45, 7) is 5.41. The lowest BCUT2D eigenvalue weighted by molar-refractivity contribution is 0.321. The number of hydrogen-bond donors (Lipinski definition) is 1. The third-order valence-corrected chi connectivity index (χ3v) is 4.75. The average molecular weight is 270 g/mol. The number of benzene rings is 1. The Bertz CT molecular complexity index is 446. The second kappa shape index (κ2) is 6.90. The van der Waals surface area contributed by atoms with Crippen LogP contribution in [0, 0.1) is 23.2 Å². The van der Waals surface area contributed by atoms with Gasteiger partial charge in [0.1, 0.15) is 5.54 Å². The van der Waals surface area contributed by atoms with Crippen molar-refractivity contribution in [1.82, 2.24) is 5.32 Å². The van der Waals surface area contributed by atoms with Crippen LogP contribution in [0.15, 0.2) is 30.3 Å². The minimum absolute atomic E-state index is 0.320. The molecule has 2 rings (SSSR count). The monoisotopic (exact) mass is 270 g/mol. The molecule has 0 saturated heterocycles. The van der Waals surface area contributed by atoms with Crippen molar-refractivity contribution in [3.63, 3.8) is 0 Å². The molecule has 2 nitrogen and oxygen atoms in total. The van der Waals surface area contributed by atoms with E-state index in [1.807, 2.05) is 6.07 Å². The minimum atomic E-state index is -0.320. The molecule has 0 aliphatic heterocycles. The van der Waals surface area contributed by atoms with Crippen molar-refractivity contribution in [2.24, 2.45) is 11.8 Å². The van der Waals surface area contributed by atoms with E-state index in [-0.39, 0.29) is 5.54 Å². The highest BCUT2D eigenvalue weighted by atomic mass is 15.0. The van der Waals surface area contributed by atoms with Gasteiger partial charge in [-0.05, 0) is 36.7 Å². The molecule has 108 valence electrons. The number of nitrogens with zero attached hydrogens (tertiary/aromatic N) is 1. The Morgan fingerprint density at radius 2 is 2.00 bits per heavy atom. The van der Waals surface area contributed by atoms with Gasteiger partial charge >= 0.3 is 0 Å². The minimum Gasteiger partial charge on any atom is -0.295 e. The van der Waals surface area contributed by atoms with Gasteiger partial charge in [0.25, 0.3) is 0 Å². The fourth-order valence-corrected chi connectivity index (χ4v) is 3.23. The van der Waals surface area contributed by atoms with E-state index in [4.69, 9.17) is 0 Å². The summed E-state index contributed by atoms with van der Waals surface area (Å²) in [4.78, 5) is 0. The first-order valence-electron chi connectivity index (χ1n) is 7.85. The van der Waals surface area contributed by atoms with E-state index in [1.54, 1.807) is 0 Å². The molecule has 0 amide bonds. The van der Waals surface area contributed by atoms with Gasteiger partial charge in [0.15, 0.2) is 0 Å². The van der Waals surface area contributed by atoms with E-state index in [0.29, 0.717) is 0 Å². The highest BCUT2D eigenvalue weighted by molar-refractivity contribution is 5.16. The van der Waals surface area contributed by atoms with E-state index in [2.05, 4.69) is 49.5 Å². The number of nitrogens with one attached hydrogen (secondary N) is 1.